The molecule has 0 saturated carbocycles. The van der Waals surface area contributed by atoms with Gasteiger partial charge in [0.1, 0.15) is 0 Å². The first-order chi connectivity index (χ1) is 7.47. The van der Waals surface area contributed by atoms with Gasteiger partial charge >= 0.3 is 51.4 Å². The van der Waals surface area contributed by atoms with Crippen LogP contribution in [0.1, 0.15) is 12.5 Å². The second-order valence-corrected chi connectivity index (χ2v) is 3.58. The van der Waals surface area contributed by atoms with E-state index in [1.54, 1.807) is 0 Å². The van der Waals surface area contributed by atoms with Gasteiger partial charge < -0.3 is 21.3 Å². The zero-order valence-electron chi connectivity index (χ0n) is 8.80. The van der Waals surface area contributed by atoms with E-state index in [1.165, 1.54) is 0 Å². The Morgan fingerprint density at radius 1 is 1.29 bits per heavy atom. The molecule has 1 rings (SSSR count). The van der Waals surface area contributed by atoms with E-state index in [0.29, 0.717) is 0 Å². The molecule has 0 radical (unpaired) electrons. The van der Waals surface area contributed by atoms with E-state index in [9.17, 15) is 0 Å². The van der Waals surface area contributed by atoms with Crippen LogP contribution >= 0.6 is 24.4 Å². The van der Waals surface area contributed by atoms with Gasteiger partial charge in [0, 0.05) is 5.69 Å². The Morgan fingerprint density at radius 3 is 2.18 bits per heavy atom. The van der Waals surface area contributed by atoms with Crippen LogP contribution in [-0.2, 0) is 6.42 Å². The Kier molecular flexibility index (Phi) is 13.0. The fraction of sp³-hybridized carbons (Fsp3) is 0.200. The first kappa shape index (κ1) is 19.6. The number of hydrogen-bond acceptors (Lipinski definition) is 2. The normalized spacial score (nSPS) is 8.06. The van der Waals surface area contributed by atoms with E-state index in [0.717, 1.165) is 17.7 Å². The van der Waals surface area contributed by atoms with Crippen molar-refractivity contribution in [2.75, 3.05) is 5.32 Å². The van der Waals surface area contributed by atoms with Gasteiger partial charge in [0.2, 0.25) is 0 Å². The standard InChI is InChI=1S/C9H11NOS.CH3NOS.K.H/c1-2-7-5-3-4-6-8(7)10-9(11)12;2-1(3)4;;/h3-6H,2H2,1H3,(H2,10,11,12);(H3,2,3,4);;. The summed E-state index contributed by atoms with van der Waals surface area (Å²) in [6.45, 7) is 2.06. The summed E-state index contributed by atoms with van der Waals surface area (Å²) in [6, 6.07) is 7.76. The molecule has 1 aromatic carbocycles. The van der Waals surface area contributed by atoms with Gasteiger partial charge in [-0.05, 0) is 42.5 Å². The quantitative estimate of drug-likeness (QED) is 0.491. The molecule has 0 atom stereocenters. The second-order valence-electron chi connectivity index (χ2n) is 2.78. The van der Waals surface area contributed by atoms with Gasteiger partial charge in [-0.3, -0.25) is 0 Å². The minimum absolute atomic E-state index is 0. The van der Waals surface area contributed by atoms with Crippen molar-refractivity contribution in [1.82, 2.24) is 0 Å². The summed E-state index contributed by atoms with van der Waals surface area (Å²) in [5, 5.41) is 18.4. The van der Waals surface area contributed by atoms with Gasteiger partial charge in [-0.15, -0.1) is 0 Å². The van der Waals surface area contributed by atoms with Crippen LogP contribution in [0.3, 0.4) is 0 Å². The number of rotatable bonds is 2. The molecule has 0 aliphatic carbocycles. The van der Waals surface area contributed by atoms with Crippen molar-refractivity contribution in [2.24, 2.45) is 5.73 Å². The molecule has 7 heteroatoms. The number of aliphatic hydroxyl groups excluding tert-OH is 2. The third-order valence-corrected chi connectivity index (χ3v) is 1.74. The number of benzene rings is 1. The van der Waals surface area contributed by atoms with E-state index >= 15 is 0 Å². The average molecular weight is 298 g/mol. The van der Waals surface area contributed by atoms with Crippen molar-refractivity contribution < 1.29 is 10.2 Å². The van der Waals surface area contributed by atoms with Crippen LogP contribution in [0.25, 0.3) is 0 Å². The Balaban J connectivity index is 0. The predicted molar refractivity (Wildman–Crippen MR) is 81.2 cm³/mol. The van der Waals surface area contributed by atoms with Gasteiger partial charge in [0.15, 0.2) is 0 Å². The first-order valence-electron chi connectivity index (χ1n) is 4.53. The first-order valence-corrected chi connectivity index (χ1v) is 5.35. The predicted octanol–water partition coefficient (Wildman–Crippen LogP) is 1.64. The molecule has 90 valence electrons. The number of aliphatic hydroxyl groups is 2. The summed E-state index contributed by atoms with van der Waals surface area (Å²) in [6.07, 6.45) is 0.922. The van der Waals surface area contributed by atoms with Crippen LogP contribution in [0.4, 0.5) is 5.69 Å². The fourth-order valence-electron chi connectivity index (χ4n) is 1.07. The molecule has 0 unspecified atom stereocenters. The molecule has 5 N–H and O–H groups in total. The van der Waals surface area contributed by atoms with Gasteiger partial charge in [-0.25, -0.2) is 0 Å². The van der Waals surface area contributed by atoms with Crippen LogP contribution in [-0.4, -0.2) is 71.9 Å². The molecular weight excluding hydrogens is 283 g/mol. The molecule has 0 saturated heterocycles. The minimum atomic E-state index is -0.500. The number of anilines is 1. The Labute approximate surface area is 154 Å². The molecule has 17 heavy (non-hydrogen) atoms. The third kappa shape index (κ3) is 11.1. The summed E-state index contributed by atoms with van der Waals surface area (Å²) >= 11 is 8.40. The SMILES string of the molecule is CCc1ccccc1NC(O)=S.NC(O)=S.[KH]. The maximum absolute atomic E-state index is 8.85. The summed E-state index contributed by atoms with van der Waals surface area (Å²) < 4.78 is 0. The summed E-state index contributed by atoms with van der Waals surface area (Å²) in [5.74, 6) is 0. The van der Waals surface area contributed by atoms with E-state index in [2.05, 4.69) is 42.4 Å². The molecule has 0 aliphatic heterocycles. The van der Waals surface area contributed by atoms with Crippen molar-refractivity contribution in [3.05, 3.63) is 29.8 Å². The van der Waals surface area contributed by atoms with Gasteiger partial charge in [-0.1, -0.05) is 25.1 Å². The molecule has 4 nitrogen and oxygen atoms in total. The molecule has 0 bridgehead atoms. The molecule has 1 aromatic rings. The van der Waals surface area contributed by atoms with Crippen LogP contribution in [0.2, 0.25) is 0 Å². The van der Waals surface area contributed by atoms with Crippen LogP contribution in [0.5, 0.6) is 0 Å². The summed E-state index contributed by atoms with van der Waals surface area (Å²) in [7, 11) is 0. The van der Waals surface area contributed by atoms with Gasteiger partial charge in [0.05, 0.1) is 0 Å². The van der Waals surface area contributed by atoms with Gasteiger partial charge in [-0.2, -0.15) is 0 Å². The maximum atomic E-state index is 8.85. The molecular formula is C10H15KN2O2S2. The number of aryl methyl sites for hydroxylation is 1. The van der Waals surface area contributed by atoms with Crippen molar-refractivity contribution in [3.63, 3.8) is 0 Å². The van der Waals surface area contributed by atoms with Gasteiger partial charge in [0.25, 0.3) is 10.3 Å². The Morgan fingerprint density at radius 2 is 1.76 bits per heavy atom. The van der Waals surface area contributed by atoms with Crippen molar-refractivity contribution in [3.8, 4) is 0 Å². The number of nitrogens with one attached hydrogen (secondary N) is 1. The fourth-order valence-corrected chi connectivity index (χ4v) is 1.18. The Hall–Kier alpha value is 0.236. The zero-order chi connectivity index (χ0) is 12.6. The van der Waals surface area contributed by atoms with Crippen molar-refractivity contribution in [2.45, 2.75) is 13.3 Å². The average Bonchev–Trinajstić information content (AvgIpc) is 2.17. The molecule has 0 amide bonds. The third-order valence-electron chi connectivity index (χ3n) is 1.64. The van der Waals surface area contributed by atoms with E-state index in [1.807, 2.05) is 24.3 Å². The second kappa shape index (κ2) is 11.3. The summed E-state index contributed by atoms with van der Waals surface area (Å²) in [4.78, 5) is 0. The molecule has 0 spiro atoms. The summed E-state index contributed by atoms with van der Waals surface area (Å²) in [5.41, 5.74) is 6.43. The monoisotopic (exact) mass is 298 g/mol. The Bertz CT molecular complexity index is 371. The molecule has 0 aromatic heterocycles. The number of thiocarbonyl (C=S) groups is 2. The number of hydrogen-bond donors (Lipinski definition) is 4. The van der Waals surface area contributed by atoms with Crippen LogP contribution in [0.15, 0.2) is 24.3 Å². The molecule has 0 heterocycles. The molecule has 0 fully saturated rings. The molecule has 0 aliphatic rings. The van der Waals surface area contributed by atoms with Crippen LogP contribution in [0, 0.1) is 0 Å². The van der Waals surface area contributed by atoms with E-state index in [-0.39, 0.29) is 56.6 Å². The number of para-hydroxylation sites is 1. The van der Waals surface area contributed by atoms with Crippen molar-refractivity contribution >= 4 is 91.9 Å². The topological polar surface area (TPSA) is 78.5 Å². The van der Waals surface area contributed by atoms with Crippen LogP contribution < -0.4 is 11.1 Å². The number of nitrogens with two attached hydrogens (primary N) is 1. The van der Waals surface area contributed by atoms with E-state index in [4.69, 9.17) is 10.2 Å². The zero-order valence-corrected chi connectivity index (χ0v) is 10.4. The van der Waals surface area contributed by atoms with E-state index < -0.39 is 5.17 Å². The van der Waals surface area contributed by atoms with Crippen molar-refractivity contribution in [1.29, 1.82) is 0 Å².